The lowest BCUT2D eigenvalue weighted by Gasteiger charge is -2.16. The van der Waals surface area contributed by atoms with Crippen LogP contribution in [0.5, 0.6) is 0 Å². The first-order valence-electron chi connectivity index (χ1n) is 3.42. The van der Waals surface area contributed by atoms with E-state index in [1.807, 2.05) is 20.8 Å². The van der Waals surface area contributed by atoms with Crippen molar-refractivity contribution < 1.29 is 0 Å². The standard InChI is InChI=1S/C7H12ClN3/c1-7(2,3)5-4(9)6(8)11-10-5/h9H2,1-3H3,(H,10,11). The van der Waals surface area contributed by atoms with Crippen LogP contribution < -0.4 is 5.73 Å². The molecule has 1 aromatic heterocycles. The second-order valence-electron chi connectivity index (χ2n) is 3.55. The number of nitrogens with two attached hydrogens (primary N) is 1. The lowest BCUT2D eigenvalue weighted by molar-refractivity contribution is 0.569. The number of aromatic amines is 1. The van der Waals surface area contributed by atoms with Crippen LogP contribution in [0.1, 0.15) is 26.5 Å². The van der Waals surface area contributed by atoms with Crippen LogP contribution in [0, 0.1) is 0 Å². The van der Waals surface area contributed by atoms with Crippen molar-refractivity contribution in [2.75, 3.05) is 5.73 Å². The van der Waals surface area contributed by atoms with Gasteiger partial charge in [0.25, 0.3) is 0 Å². The second-order valence-corrected chi connectivity index (χ2v) is 3.91. The normalized spacial score (nSPS) is 12.0. The highest BCUT2D eigenvalue weighted by atomic mass is 35.5. The molecule has 0 aromatic carbocycles. The van der Waals surface area contributed by atoms with E-state index in [9.17, 15) is 0 Å². The number of nitrogens with zero attached hydrogens (tertiary/aromatic N) is 1. The first-order valence-corrected chi connectivity index (χ1v) is 3.80. The SMILES string of the molecule is CC(C)(C)c1[nH]nc(Cl)c1N. The molecule has 0 saturated heterocycles. The van der Waals surface area contributed by atoms with Crippen molar-refractivity contribution in [1.82, 2.24) is 10.2 Å². The fourth-order valence-electron chi connectivity index (χ4n) is 0.900. The molecular weight excluding hydrogens is 162 g/mol. The number of H-pyrrole nitrogens is 1. The number of hydrogen-bond donors (Lipinski definition) is 2. The molecule has 3 nitrogen and oxygen atoms in total. The summed E-state index contributed by atoms with van der Waals surface area (Å²) in [6.45, 7) is 6.15. The number of aromatic nitrogens is 2. The monoisotopic (exact) mass is 173 g/mol. The molecule has 0 aliphatic carbocycles. The topological polar surface area (TPSA) is 54.7 Å². The largest absolute Gasteiger partial charge is 0.395 e. The van der Waals surface area contributed by atoms with Gasteiger partial charge in [-0.05, 0) is 0 Å². The van der Waals surface area contributed by atoms with Crippen LogP contribution in [-0.4, -0.2) is 10.2 Å². The average molecular weight is 174 g/mol. The quantitative estimate of drug-likeness (QED) is 0.630. The summed E-state index contributed by atoms with van der Waals surface area (Å²) >= 11 is 5.67. The van der Waals surface area contributed by atoms with Crippen molar-refractivity contribution >= 4 is 17.3 Å². The maximum absolute atomic E-state index is 5.67. The number of rotatable bonds is 0. The van der Waals surface area contributed by atoms with Crippen LogP contribution in [0.2, 0.25) is 5.15 Å². The molecule has 0 aliphatic heterocycles. The Balaban J connectivity index is 3.15. The molecular formula is C7H12ClN3. The van der Waals surface area contributed by atoms with Gasteiger partial charge >= 0.3 is 0 Å². The first kappa shape index (κ1) is 8.40. The molecule has 0 radical (unpaired) electrons. The molecule has 3 N–H and O–H groups in total. The Morgan fingerprint density at radius 1 is 1.45 bits per heavy atom. The molecule has 0 aliphatic rings. The van der Waals surface area contributed by atoms with E-state index in [2.05, 4.69) is 10.2 Å². The molecule has 1 rings (SSSR count). The van der Waals surface area contributed by atoms with E-state index in [-0.39, 0.29) is 5.41 Å². The van der Waals surface area contributed by atoms with E-state index in [4.69, 9.17) is 17.3 Å². The smallest absolute Gasteiger partial charge is 0.174 e. The average Bonchev–Trinajstić information content (AvgIpc) is 2.11. The van der Waals surface area contributed by atoms with Gasteiger partial charge in [0.15, 0.2) is 5.15 Å². The Morgan fingerprint density at radius 2 is 2.00 bits per heavy atom. The minimum atomic E-state index is -0.0236. The summed E-state index contributed by atoms with van der Waals surface area (Å²) < 4.78 is 0. The van der Waals surface area contributed by atoms with E-state index in [1.54, 1.807) is 0 Å². The molecule has 0 amide bonds. The van der Waals surface area contributed by atoms with Gasteiger partial charge in [0.1, 0.15) is 0 Å². The van der Waals surface area contributed by atoms with E-state index in [1.165, 1.54) is 0 Å². The van der Waals surface area contributed by atoms with Gasteiger partial charge in [-0.3, -0.25) is 5.10 Å². The van der Waals surface area contributed by atoms with Crippen molar-refractivity contribution in [3.05, 3.63) is 10.8 Å². The van der Waals surface area contributed by atoms with Crippen molar-refractivity contribution in [3.8, 4) is 0 Å². The fraction of sp³-hybridized carbons (Fsp3) is 0.571. The van der Waals surface area contributed by atoms with E-state index in [0.717, 1.165) is 5.69 Å². The Labute approximate surface area is 70.9 Å². The minimum Gasteiger partial charge on any atom is -0.395 e. The van der Waals surface area contributed by atoms with Crippen LogP contribution in [0.3, 0.4) is 0 Å². The highest BCUT2D eigenvalue weighted by Gasteiger charge is 2.20. The van der Waals surface area contributed by atoms with Gasteiger partial charge < -0.3 is 5.73 Å². The molecule has 0 unspecified atom stereocenters. The zero-order valence-corrected chi connectivity index (χ0v) is 7.66. The van der Waals surface area contributed by atoms with Crippen LogP contribution in [0.25, 0.3) is 0 Å². The molecule has 0 spiro atoms. The zero-order valence-electron chi connectivity index (χ0n) is 6.90. The lowest BCUT2D eigenvalue weighted by Crippen LogP contribution is -2.13. The number of halogens is 1. The molecule has 1 heterocycles. The Hall–Kier alpha value is -0.700. The van der Waals surface area contributed by atoms with Gasteiger partial charge in [0.05, 0.1) is 11.4 Å². The summed E-state index contributed by atoms with van der Waals surface area (Å²) in [4.78, 5) is 0. The molecule has 0 atom stereocenters. The molecule has 4 heteroatoms. The van der Waals surface area contributed by atoms with E-state index in [0.29, 0.717) is 10.8 Å². The van der Waals surface area contributed by atoms with Gasteiger partial charge in [0, 0.05) is 5.41 Å². The summed E-state index contributed by atoms with van der Waals surface area (Å²) in [5, 5.41) is 6.96. The summed E-state index contributed by atoms with van der Waals surface area (Å²) in [5.74, 6) is 0. The highest BCUT2D eigenvalue weighted by molar-refractivity contribution is 6.32. The summed E-state index contributed by atoms with van der Waals surface area (Å²) in [5.41, 5.74) is 7.09. The zero-order chi connectivity index (χ0) is 8.65. The van der Waals surface area contributed by atoms with Crippen LogP contribution in [0.4, 0.5) is 5.69 Å². The van der Waals surface area contributed by atoms with Gasteiger partial charge in [-0.2, -0.15) is 5.10 Å². The Morgan fingerprint density at radius 3 is 2.18 bits per heavy atom. The third-order valence-corrected chi connectivity index (χ3v) is 1.80. The third-order valence-electron chi connectivity index (χ3n) is 1.51. The fourth-order valence-corrected chi connectivity index (χ4v) is 1.04. The second kappa shape index (κ2) is 2.41. The summed E-state index contributed by atoms with van der Waals surface area (Å²) in [6.07, 6.45) is 0. The molecule has 11 heavy (non-hydrogen) atoms. The van der Waals surface area contributed by atoms with Crippen molar-refractivity contribution in [2.24, 2.45) is 0 Å². The molecule has 0 bridgehead atoms. The maximum Gasteiger partial charge on any atom is 0.174 e. The van der Waals surface area contributed by atoms with Gasteiger partial charge in [-0.25, -0.2) is 0 Å². The minimum absolute atomic E-state index is 0.0236. The number of hydrogen-bond acceptors (Lipinski definition) is 2. The van der Waals surface area contributed by atoms with E-state index >= 15 is 0 Å². The van der Waals surface area contributed by atoms with Crippen LogP contribution in [-0.2, 0) is 5.41 Å². The molecule has 62 valence electrons. The van der Waals surface area contributed by atoms with Gasteiger partial charge in [-0.15, -0.1) is 0 Å². The third kappa shape index (κ3) is 1.48. The van der Waals surface area contributed by atoms with Crippen molar-refractivity contribution in [3.63, 3.8) is 0 Å². The first-order chi connectivity index (χ1) is 4.93. The number of nitrogens with one attached hydrogen (secondary N) is 1. The number of nitrogen functional groups attached to an aromatic ring is 1. The highest BCUT2D eigenvalue weighted by Crippen LogP contribution is 2.29. The Kier molecular flexibility index (Phi) is 1.84. The molecule has 1 aromatic rings. The van der Waals surface area contributed by atoms with Crippen LogP contribution in [0.15, 0.2) is 0 Å². The van der Waals surface area contributed by atoms with Crippen LogP contribution >= 0.6 is 11.6 Å². The maximum atomic E-state index is 5.67. The van der Waals surface area contributed by atoms with Gasteiger partial charge in [0.2, 0.25) is 0 Å². The van der Waals surface area contributed by atoms with Gasteiger partial charge in [-0.1, -0.05) is 32.4 Å². The summed E-state index contributed by atoms with van der Waals surface area (Å²) in [6, 6.07) is 0. The predicted octanol–water partition coefficient (Wildman–Crippen LogP) is 1.94. The summed E-state index contributed by atoms with van der Waals surface area (Å²) in [7, 11) is 0. The molecule has 0 fully saturated rings. The predicted molar refractivity (Wildman–Crippen MR) is 46.7 cm³/mol. The van der Waals surface area contributed by atoms with E-state index < -0.39 is 0 Å². The van der Waals surface area contributed by atoms with Crippen molar-refractivity contribution in [1.29, 1.82) is 0 Å². The lowest BCUT2D eigenvalue weighted by atomic mass is 9.91. The molecule has 0 saturated carbocycles. The van der Waals surface area contributed by atoms with Crippen molar-refractivity contribution in [2.45, 2.75) is 26.2 Å². The number of anilines is 1. The Bertz CT molecular complexity index is 259.